The number of hydrogen-bond acceptors (Lipinski definition) is 3. The summed E-state index contributed by atoms with van der Waals surface area (Å²) in [7, 11) is -3.43. The molecule has 1 N–H and O–H groups in total. The predicted molar refractivity (Wildman–Crippen MR) is 86.8 cm³/mol. The summed E-state index contributed by atoms with van der Waals surface area (Å²) in [5.41, 5.74) is 1.51. The number of sulfonamides is 1. The maximum Gasteiger partial charge on any atom is 0.216 e. The average Bonchev–Trinajstić information content (AvgIpc) is 2.91. The van der Waals surface area contributed by atoms with Gasteiger partial charge in [0.2, 0.25) is 10.0 Å². The van der Waals surface area contributed by atoms with Crippen LogP contribution in [-0.4, -0.2) is 8.42 Å². The van der Waals surface area contributed by atoms with Crippen molar-refractivity contribution in [3.05, 3.63) is 72.0 Å². The average molecular weight is 315 g/mol. The van der Waals surface area contributed by atoms with Crippen LogP contribution in [0.5, 0.6) is 0 Å². The van der Waals surface area contributed by atoms with Gasteiger partial charge in [0.15, 0.2) is 0 Å². The highest BCUT2D eigenvalue weighted by Gasteiger charge is 2.19. The fourth-order valence-corrected chi connectivity index (χ4v) is 3.75. The van der Waals surface area contributed by atoms with E-state index in [-0.39, 0.29) is 5.75 Å². The van der Waals surface area contributed by atoms with Crippen molar-refractivity contribution in [1.29, 1.82) is 0 Å². The van der Waals surface area contributed by atoms with E-state index in [9.17, 15) is 8.42 Å². The normalized spacial score (nSPS) is 13.3. The number of para-hydroxylation sites is 1. The van der Waals surface area contributed by atoms with Gasteiger partial charge in [-0.05, 0) is 24.6 Å². The summed E-state index contributed by atoms with van der Waals surface area (Å²) in [5.74, 6) is 0.566. The maximum absolute atomic E-state index is 12.2. The summed E-state index contributed by atoms with van der Waals surface area (Å²) in [6, 6.07) is 18.2. The van der Waals surface area contributed by atoms with Crippen LogP contribution in [0.25, 0.3) is 11.0 Å². The number of nitrogens with one attached hydrogen (secondary N) is 1. The highest BCUT2D eigenvalue weighted by atomic mass is 32.2. The van der Waals surface area contributed by atoms with E-state index in [2.05, 4.69) is 4.72 Å². The second-order valence-corrected chi connectivity index (χ2v) is 7.02. The van der Waals surface area contributed by atoms with Crippen molar-refractivity contribution < 1.29 is 12.8 Å². The van der Waals surface area contributed by atoms with Gasteiger partial charge >= 0.3 is 0 Å². The Morgan fingerprint density at radius 2 is 1.73 bits per heavy atom. The molecule has 4 nitrogen and oxygen atoms in total. The lowest BCUT2D eigenvalue weighted by Gasteiger charge is -2.12. The molecule has 3 rings (SSSR count). The number of benzene rings is 2. The molecule has 1 aromatic heterocycles. The summed E-state index contributed by atoms with van der Waals surface area (Å²) in [5, 5.41) is 0.964. The molecule has 0 aliphatic carbocycles. The minimum atomic E-state index is -3.43. The first kappa shape index (κ1) is 14.8. The Kier molecular flexibility index (Phi) is 4.00. The summed E-state index contributed by atoms with van der Waals surface area (Å²) in [6.45, 7) is 1.78. The number of rotatable bonds is 5. The Balaban J connectivity index is 1.76. The molecule has 22 heavy (non-hydrogen) atoms. The van der Waals surface area contributed by atoms with Crippen LogP contribution in [0.2, 0.25) is 0 Å². The minimum Gasteiger partial charge on any atom is -0.459 e. The van der Waals surface area contributed by atoms with Gasteiger partial charge in [0.1, 0.15) is 11.3 Å². The third-order valence-corrected chi connectivity index (χ3v) is 4.85. The third kappa shape index (κ3) is 3.37. The molecule has 114 valence electrons. The van der Waals surface area contributed by atoms with Crippen LogP contribution in [0.3, 0.4) is 0 Å². The molecule has 2 aromatic carbocycles. The first-order chi connectivity index (χ1) is 10.5. The van der Waals surface area contributed by atoms with Crippen molar-refractivity contribution in [1.82, 2.24) is 4.72 Å². The Morgan fingerprint density at radius 3 is 2.45 bits per heavy atom. The van der Waals surface area contributed by atoms with Crippen LogP contribution < -0.4 is 4.72 Å². The summed E-state index contributed by atoms with van der Waals surface area (Å²) in [6.07, 6.45) is 0. The standard InChI is InChI=1S/C17H17NO3S/c1-13(17-11-15-9-5-6-10-16(15)21-17)18-22(19,20)12-14-7-3-2-4-8-14/h2-11,13,18H,12H2,1H3. The molecular formula is C17H17NO3S. The first-order valence-corrected chi connectivity index (χ1v) is 8.71. The van der Waals surface area contributed by atoms with E-state index in [0.29, 0.717) is 5.76 Å². The van der Waals surface area contributed by atoms with Gasteiger partial charge in [-0.3, -0.25) is 0 Å². The Labute approximate surface area is 129 Å². The van der Waals surface area contributed by atoms with Crippen molar-refractivity contribution in [3.8, 4) is 0 Å². The van der Waals surface area contributed by atoms with Crippen LogP contribution in [0.4, 0.5) is 0 Å². The first-order valence-electron chi connectivity index (χ1n) is 7.06. The predicted octanol–water partition coefficient (Wildman–Crippen LogP) is 3.61. The molecule has 1 heterocycles. The van der Waals surface area contributed by atoms with Crippen molar-refractivity contribution in [2.24, 2.45) is 0 Å². The summed E-state index contributed by atoms with van der Waals surface area (Å²) < 4.78 is 32.9. The minimum absolute atomic E-state index is 0.0432. The van der Waals surface area contributed by atoms with Crippen molar-refractivity contribution in [2.45, 2.75) is 18.7 Å². The second-order valence-electron chi connectivity index (χ2n) is 5.27. The highest BCUT2D eigenvalue weighted by molar-refractivity contribution is 7.88. The molecule has 3 aromatic rings. The lowest BCUT2D eigenvalue weighted by atomic mass is 10.2. The van der Waals surface area contributed by atoms with Crippen LogP contribution in [-0.2, 0) is 15.8 Å². The summed E-state index contributed by atoms with van der Waals surface area (Å²) >= 11 is 0. The van der Waals surface area contributed by atoms with Gasteiger partial charge in [-0.2, -0.15) is 0 Å². The van der Waals surface area contributed by atoms with Crippen molar-refractivity contribution in [2.75, 3.05) is 0 Å². The van der Waals surface area contributed by atoms with E-state index < -0.39 is 16.1 Å². The molecule has 0 radical (unpaired) electrons. The van der Waals surface area contributed by atoms with Crippen LogP contribution in [0, 0.1) is 0 Å². The Bertz CT molecular complexity index is 836. The van der Waals surface area contributed by atoms with E-state index >= 15 is 0 Å². The maximum atomic E-state index is 12.2. The van der Waals surface area contributed by atoms with Gasteiger partial charge in [0.25, 0.3) is 0 Å². The largest absolute Gasteiger partial charge is 0.459 e. The van der Waals surface area contributed by atoms with Crippen LogP contribution >= 0.6 is 0 Å². The smallest absolute Gasteiger partial charge is 0.216 e. The lowest BCUT2D eigenvalue weighted by molar-refractivity contribution is 0.484. The Hall–Kier alpha value is -2.11. The molecule has 5 heteroatoms. The number of hydrogen-bond donors (Lipinski definition) is 1. The van der Waals surface area contributed by atoms with Gasteiger partial charge in [-0.25, -0.2) is 13.1 Å². The number of fused-ring (bicyclic) bond motifs is 1. The van der Waals surface area contributed by atoms with E-state index in [1.165, 1.54) is 0 Å². The van der Waals surface area contributed by atoms with E-state index in [1.807, 2.05) is 48.5 Å². The SMILES string of the molecule is CC(NS(=O)(=O)Cc1ccccc1)c1cc2ccccc2o1. The van der Waals surface area contributed by atoms with E-state index in [0.717, 1.165) is 16.5 Å². The van der Waals surface area contributed by atoms with E-state index in [4.69, 9.17) is 4.42 Å². The molecular weight excluding hydrogens is 298 g/mol. The molecule has 0 saturated carbocycles. The van der Waals surface area contributed by atoms with Gasteiger partial charge in [-0.15, -0.1) is 0 Å². The molecule has 0 bridgehead atoms. The van der Waals surface area contributed by atoms with Crippen LogP contribution in [0.15, 0.2) is 65.1 Å². The molecule has 1 unspecified atom stereocenters. The molecule has 0 aliphatic rings. The molecule has 0 amide bonds. The second kappa shape index (κ2) is 5.94. The van der Waals surface area contributed by atoms with Gasteiger partial charge in [0, 0.05) is 5.39 Å². The molecule has 1 atom stereocenters. The topological polar surface area (TPSA) is 59.3 Å². The molecule has 0 saturated heterocycles. The van der Waals surface area contributed by atoms with Crippen molar-refractivity contribution >= 4 is 21.0 Å². The zero-order valence-corrected chi connectivity index (χ0v) is 13.0. The molecule has 0 fully saturated rings. The van der Waals surface area contributed by atoms with E-state index in [1.54, 1.807) is 19.1 Å². The zero-order valence-electron chi connectivity index (χ0n) is 12.2. The molecule has 0 aliphatic heterocycles. The summed E-state index contributed by atoms with van der Waals surface area (Å²) in [4.78, 5) is 0. The van der Waals surface area contributed by atoms with Crippen LogP contribution in [0.1, 0.15) is 24.3 Å². The van der Waals surface area contributed by atoms with Gasteiger partial charge in [-0.1, -0.05) is 48.5 Å². The molecule has 0 spiro atoms. The third-order valence-electron chi connectivity index (χ3n) is 3.43. The zero-order chi connectivity index (χ0) is 15.6. The number of furan rings is 1. The quantitative estimate of drug-likeness (QED) is 0.782. The fraction of sp³-hybridized carbons (Fsp3) is 0.176. The monoisotopic (exact) mass is 315 g/mol. The lowest BCUT2D eigenvalue weighted by Crippen LogP contribution is -2.27. The fourth-order valence-electron chi connectivity index (χ4n) is 2.38. The van der Waals surface area contributed by atoms with Gasteiger partial charge in [0.05, 0.1) is 11.8 Å². The Morgan fingerprint density at radius 1 is 1.05 bits per heavy atom. The van der Waals surface area contributed by atoms with Gasteiger partial charge < -0.3 is 4.42 Å². The van der Waals surface area contributed by atoms with Crippen molar-refractivity contribution in [3.63, 3.8) is 0 Å². The highest BCUT2D eigenvalue weighted by Crippen LogP contribution is 2.24.